The molecule has 0 fully saturated rings. The van der Waals surface area contributed by atoms with E-state index >= 15 is 0 Å². The lowest BCUT2D eigenvalue weighted by Crippen LogP contribution is -2.22. The molecule has 0 bridgehead atoms. The molecule has 0 saturated carbocycles. The van der Waals surface area contributed by atoms with Crippen LogP contribution in [0.4, 0.5) is 0 Å². The fourth-order valence-corrected chi connectivity index (χ4v) is 3.32. The number of hydrogen-bond acceptors (Lipinski definition) is 3. The minimum Gasteiger partial charge on any atom is -0.494 e. The number of ether oxygens (including phenoxy) is 1. The van der Waals surface area contributed by atoms with Crippen molar-refractivity contribution in [1.29, 1.82) is 0 Å². The van der Waals surface area contributed by atoms with Crippen LogP contribution >= 0.6 is 22.9 Å². The summed E-state index contributed by atoms with van der Waals surface area (Å²) in [6.45, 7) is 6.01. The number of thiophene rings is 1. The lowest BCUT2D eigenvalue weighted by atomic mass is 10.0. The van der Waals surface area contributed by atoms with Gasteiger partial charge in [0.2, 0.25) is 0 Å². The smallest absolute Gasteiger partial charge is 0.119 e. The molecule has 21 heavy (non-hydrogen) atoms. The standard InChI is InChI=1S/C17H22ClNOS/c1-3-10-19-17(15-8-9-16(18)21-15)13-6-5-7-14(12-13)20-11-4-2/h5-9,12,17,19H,3-4,10-11H2,1-2H3. The molecule has 0 saturated heterocycles. The summed E-state index contributed by atoms with van der Waals surface area (Å²) in [6, 6.07) is 12.6. The van der Waals surface area contributed by atoms with Gasteiger partial charge in [-0.25, -0.2) is 0 Å². The first-order valence-corrected chi connectivity index (χ1v) is 8.65. The van der Waals surface area contributed by atoms with Gasteiger partial charge in [-0.15, -0.1) is 11.3 Å². The molecule has 2 aromatic rings. The molecule has 1 N–H and O–H groups in total. The number of hydrogen-bond donors (Lipinski definition) is 1. The van der Waals surface area contributed by atoms with Crippen LogP contribution in [0.1, 0.15) is 43.2 Å². The average Bonchev–Trinajstić information content (AvgIpc) is 2.92. The molecule has 0 aliphatic rings. The molecule has 1 unspecified atom stereocenters. The normalized spacial score (nSPS) is 12.3. The van der Waals surface area contributed by atoms with Gasteiger partial charge in [0.25, 0.3) is 0 Å². The van der Waals surface area contributed by atoms with E-state index in [4.69, 9.17) is 16.3 Å². The first-order valence-electron chi connectivity index (χ1n) is 7.46. The fourth-order valence-electron chi connectivity index (χ4n) is 2.16. The van der Waals surface area contributed by atoms with Crippen LogP contribution in [0.2, 0.25) is 4.34 Å². The van der Waals surface area contributed by atoms with Gasteiger partial charge < -0.3 is 10.1 Å². The molecule has 0 radical (unpaired) electrons. The number of halogens is 1. The van der Waals surface area contributed by atoms with Gasteiger partial charge in [-0.2, -0.15) is 0 Å². The maximum Gasteiger partial charge on any atom is 0.119 e. The number of benzene rings is 1. The second-order valence-electron chi connectivity index (χ2n) is 4.95. The Morgan fingerprint density at radius 3 is 2.71 bits per heavy atom. The maximum atomic E-state index is 6.09. The zero-order valence-corrected chi connectivity index (χ0v) is 14.1. The van der Waals surface area contributed by atoms with Gasteiger partial charge in [0, 0.05) is 4.88 Å². The van der Waals surface area contributed by atoms with Gasteiger partial charge >= 0.3 is 0 Å². The Hall–Kier alpha value is -1.03. The summed E-state index contributed by atoms with van der Waals surface area (Å²) in [5, 5.41) is 3.59. The Morgan fingerprint density at radius 2 is 2.05 bits per heavy atom. The molecule has 2 nitrogen and oxygen atoms in total. The van der Waals surface area contributed by atoms with Crippen molar-refractivity contribution in [2.75, 3.05) is 13.2 Å². The molecule has 2 rings (SSSR count). The SMILES string of the molecule is CCCNC(c1cccc(OCCC)c1)c1ccc(Cl)s1. The van der Waals surface area contributed by atoms with Gasteiger partial charge in [0.15, 0.2) is 0 Å². The van der Waals surface area contributed by atoms with Crippen molar-refractivity contribution in [2.24, 2.45) is 0 Å². The first-order chi connectivity index (χ1) is 10.2. The summed E-state index contributed by atoms with van der Waals surface area (Å²) < 4.78 is 6.57. The van der Waals surface area contributed by atoms with Crippen molar-refractivity contribution in [3.8, 4) is 5.75 Å². The molecular formula is C17H22ClNOS. The summed E-state index contributed by atoms with van der Waals surface area (Å²) in [4.78, 5) is 1.24. The predicted molar refractivity (Wildman–Crippen MR) is 91.7 cm³/mol. The first kappa shape index (κ1) is 16.3. The molecule has 1 heterocycles. The lowest BCUT2D eigenvalue weighted by molar-refractivity contribution is 0.317. The van der Waals surface area contributed by atoms with Crippen LogP contribution in [0.3, 0.4) is 0 Å². The Morgan fingerprint density at radius 1 is 1.19 bits per heavy atom. The molecule has 0 amide bonds. The van der Waals surface area contributed by atoms with Crippen LogP contribution in [-0.2, 0) is 0 Å². The minimum absolute atomic E-state index is 0.174. The second-order valence-corrected chi connectivity index (χ2v) is 6.70. The van der Waals surface area contributed by atoms with Crippen LogP contribution in [0.5, 0.6) is 5.75 Å². The summed E-state index contributed by atoms with van der Waals surface area (Å²) in [5.74, 6) is 0.931. The van der Waals surface area contributed by atoms with E-state index in [1.165, 1.54) is 10.4 Å². The van der Waals surface area contributed by atoms with Gasteiger partial charge in [-0.3, -0.25) is 0 Å². The molecule has 0 aliphatic carbocycles. The van der Waals surface area contributed by atoms with E-state index < -0.39 is 0 Å². The van der Waals surface area contributed by atoms with E-state index in [0.717, 1.165) is 36.1 Å². The minimum atomic E-state index is 0.174. The van der Waals surface area contributed by atoms with E-state index in [9.17, 15) is 0 Å². The number of nitrogens with one attached hydrogen (secondary N) is 1. The Kier molecular flexibility index (Phi) is 6.55. The number of rotatable bonds is 8. The Bertz CT molecular complexity index is 555. The highest BCUT2D eigenvalue weighted by Gasteiger charge is 2.16. The highest BCUT2D eigenvalue weighted by atomic mass is 35.5. The Labute approximate surface area is 136 Å². The van der Waals surface area contributed by atoms with E-state index in [1.807, 2.05) is 12.1 Å². The summed E-state index contributed by atoms with van der Waals surface area (Å²) in [7, 11) is 0. The van der Waals surface area contributed by atoms with Crippen LogP contribution < -0.4 is 10.1 Å². The van der Waals surface area contributed by atoms with Crippen molar-refractivity contribution >= 4 is 22.9 Å². The highest BCUT2D eigenvalue weighted by molar-refractivity contribution is 7.16. The van der Waals surface area contributed by atoms with E-state index in [-0.39, 0.29) is 6.04 Å². The molecule has 4 heteroatoms. The largest absolute Gasteiger partial charge is 0.494 e. The van der Waals surface area contributed by atoms with Crippen molar-refractivity contribution < 1.29 is 4.74 Å². The zero-order valence-electron chi connectivity index (χ0n) is 12.6. The summed E-state index contributed by atoms with van der Waals surface area (Å²) in [5.41, 5.74) is 1.22. The second kappa shape index (κ2) is 8.42. The predicted octanol–water partition coefficient (Wildman–Crippen LogP) is 5.28. The van der Waals surface area contributed by atoms with Crippen LogP contribution in [0, 0.1) is 0 Å². The molecule has 1 aromatic heterocycles. The molecule has 0 spiro atoms. The van der Waals surface area contributed by atoms with Crippen LogP contribution in [0.15, 0.2) is 36.4 Å². The Balaban J connectivity index is 2.23. The molecular weight excluding hydrogens is 302 g/mol. The van der Waals surface area contributed by atoms with Gasteiger partial charge in [-0.1, -0.05) is 37.6 Å². The summed E-state index contributed by atoms with van der Waals surface area (Å²) in [6.07, 6.45) is 2.11. The molecule has 1 aromatic carbocycles. The van der Waals surface area contributed by atoms with Crippen molar-refractivity contribution in [3.63, 3.8) is 0 Å². The topological polar surface area (TPSA) is 21.3 Å². The van der Waals surface area contributed by atoms with E-state index in [2.05, 4.69) is 43.4 Å². The van der Waals surface area contributed by atoms with E-state index in [0.29, 0.717) is 0 Å². The lowest BCUT2D eigenvalue weighted by Gasteiger charge is -2.18. The maximum absolute atomic E-state index is 6.09. The van der Waals surface area contributed by atoms with Gasteiger partial charge in [0.1, 0.15) is 5.75 Å². The quantitative estimate of drug-likeness (QED) is 0.713. The highest BCUT2D eigenvalue weighted by Crippen LogP contribution is 2.32. The third-order valence-corrected chi connectivity index (χ3v) is 4.44. The molecule has 114 valence electrons. The monoisotopic (exact) mass is 323 g/mol. The molecule has 1 atom stereocenters. The zero-order chi connectivity index (χ0) is 15.1. The van der Waals surface area contributed by atoms with Gasteiger partial charge in [-0.05, 0) is 49.2 Å². The van der Waals surface area contributed by atoms with Crippen molar-refractivity contribution in [2.45, 2.75) is 32.7 Å². The third-order valence-electron chi connectivity index (χ3n) is 3.14. The van der Waals surface area contributed by atoms with Crippen molar-refractivity contribution in [3.05, 3.63) is 51.2 Å². The summed E-state index contributed by atoms with van der Waals surface area (Å²) >= 11 is 7.72. The van der Waals surface area contributed by atoms with Gasteiger partial charge in [0.05, 0.1) is 17.0 Å². The average molecular weight is 324 g/mol. The van der Waals surface area contributed by atoms with Crippen LogP contribution in [-0.4, -0.2) is 13.2 Å². The third kappa shape index (κ3) is 4.73. The van der Waals surface area contributed by atoms with Crippen molar-refractivity contribution in [1.82, 2.24) is 5.32 Å². The molecule has 0 aliphatic heterocycles. The fraction of sp³-hybridized carbons (Fsp3) is 0.412. The van der Waals surface area contributed by atoms with Crippen LogP contribution in [0.25, 0.3) is 0 Å². The van der Waals surface area contributed by atoms with E-state index in [1.54, 1.807) is 11.3 Å².